The highest BCUT2D eigenvalue weighted by atomic mass is 19.4. The van der Waals surface area contributed by atoms with E-state index >= 15 is 0 Å². The van der Waals surface area contributed by atoms with Gasteiger partial charge in [0.15, 0.2) is 6.29 Å². The zero-order valence-electron chi connectivity index (χ0n) is 17.2. The predicted molar refractivity (Wildman–Crippen MR) is 106 cm³/mol. The van der Waals surface area contributed by atoms with Gasteiger partial charge in [0.2, 0.25) is 0 Å². The average molecular weight is 472 g/mol. The number of hydrogen-bond acceptors (Lipinski definition) is 8. The summed E-state index contributed by atoms with van der Waals surface area (Å²) in [6, 6.07) is 9.98. The normalized spacial score (nSPS) is 25.6. The second kappa shape index (κ2) is 10.6. The summed E-state index contributed by atoms with van der Waals surface area (Å²) in [5, 5.41) is 38.6. The van der Waals surface area contributed by atoms with Crippen molar-refractivity contribution in [3.05, 3.63) is 65.2 Å². The van der Waals surface area contributed by atoms with Crippen LogP contribution in [0.4, 0.5) is 13.2 Å². The number of carbonyl (C=O) groups excluding carboxylic acids is 1. The Kier molecular flexibility index (Phi) is 8.05. The third-order valence-corrected chi connectivity index (χ3v) is 5.10. The predicted octanol–water partition coefficient (Wildman–Crippen LogP) is 1.28. The first-order valence-electron chi connectivity index (χ1n) is 10.0. The van der Waals surface area contributed by atoms with Gasteiger partial charge in [-0.1, -0.05) is 12.1 Å². The molecular formula is C22H23F3O8. The molecule has 0 unspecified atom stereocenters. The van der Waals surface area contributed by atoms with Crippen molar-refractivity contribution in [2.75, 3.05) is 13.2 Å². The lowest BCUT2D eigenvalue weighted by atomic mass is 9.99. The Morgan fingerprint density at radius 3 is 2.15 bits per heavy atom. The molecule has 0 aromatic heterocycles. The van der Waals surface area contributed by atoms with Gasteiger partial charge in [-0.2, -0.15) is 13.2 Å². The van der Waals surface area contributed by atoms with Crippen LogP contribution in [0.5, 0.6) is 5.75 Å². The summed E-state index contributed by atoms with van der Waals surface area (Å²) < 4.78 is 53.7. The summed E-state index contributed by atoms with van der Waals surface area (Å²) in [7, 11) is 0. The zero-order valence-corrected chi connectivity index (χ0v) is 17.2. The van der Waals surface area contributed by atoms with E-state index in [-0.39, 0.29) is 17.9 Å². The third kappa shape index (κ3) is 6.28. The number of aliphatic hydroxyl groups is 4. The molecule has 0 aliphatic carbocycles. The Morgan fingerprint density at radius 1 is 0.939 bits per heavy atom. The molecule has 2 aromatic carbocycles. The molecule has 1 heterocycles. The molecule has 1 fully saturated rings. The first-order valence-corrected chi connectivity index (χ1v) is 10.0. The van der Waals surface area contributed by atoms with E-state index in [0.29, 0.717) is 6.42 Å². The van der Waals surface area contributed by atoms with Crippen molar-refractivity contribution < 1.29 is 52.6 Å². The van der Waals surface area contributed by atoms with Gasteiger partial charge in [0, 0.05) is 0 Å². The highest BCUT2D eigenvalue weighted by Crippen LogP contribution is 2.29. The summed E-state index contributed by atoms with van der Waals surface area (Å²) in [5.41, 5.74) is -0.122. The van der Waals surface area contributed by atoms with Crippen LogP contribution in [0.1, 0.15) is 21.5 Å². The molecule has 1 aliphatic heterocycles. The van der Waals surface area contributed by atoms with Crippen molar-refractivity contribution in [1.29, 1.82) is 0 Å². The van der Waals surface area contributed by atoms with Crippen molar-refractivity contribution in [2.45, 2.75) is 43.3 Å². The molecule has 0 amide bonds. The fourth-order valence-electron chi connectivity index (χ4n) is 3.18. The Morgan fingerprint density at radius 2 is 1.58 bits per heavy atom. The smallest absolute Gasteiger partial charge is 0.416 e. The standard InChI is InChI=1S/C22H23F3O8/c23-22(24,25)14-5-3-13(4-6-14)20(30)32-15-7-1-12(2-8-15)9-10-31-21-19(29)18(28)17(27)16(11-26)33-21/h1-8,16-19,21,26-29H,9-11H2/t16-,17-,18+,19-,21-/m1/s1. The largest absolute Gasteiger partial charge is 0.423 e. The molecule has 33 heavy (non-hydrogen) atoms. The van der Waals surface area contributed by atoms with E-state index < -0.39 is 55.0 Å². The number of ether oxygens (including phenoxy) is 3. The lowest BCUT2D eigenvalue weighted by Crippen LogP contribution is -2.59. The Balaban J connectivity index is 1.50. The molecule has 5 atom stereocenters. The number of esters is 1. The van der Waals surface area contributed by atoms with Crippen LogP contribution in [-0.2, 0) is 22.1 Å². The van der Waals surface area contributed by atoms with Crippen molar-refractivity contribution in [1.82, 2.24) is 0 Å². The van der Waals surface area contributed by atoms with Gasteiger partial charge < -0.3 is 34.6 Å². The second-order valence-corrected chi connectivity index (χ2v) is 7.43. The maximum absolute atomic E-state index is 12.6. The first-order chi connectivity index (χ1) is 15.6. The molecule has 0 bridgehead atoms. The van der Waals surface area contributed by atoms with Crippen molar-refractivity contribution in [3.63, 3.8) is 0 Å². The maximum atomic E-state index is 12.6. The second-order valence-electron chi connectivity index (χ2n) is 7.43. The minimum atomic E-state index is -4.50. The monoisotopic (exact) mass is 472 g/mol. The van der Waals surface area contributed by atoms with Crippen molar-refractivity contribution in [3.8, 4) is 5.75 Å². The maximum Gasteiger partial charge on any atom is 0.416 e. The van der Waals surface area contributed by atoms with Crippen LogP contribution in [0.25, 0.3) is 0 Å². The van der Waals surface area contributed by atoms with E-state index in [1.807, 2.05) is 0 Å². The molecule has 0 radical (unpaired) electrons. The Bertz CT molecular complexity index is 915. The number of rotatable bonds is 7. The quantitative estimate of drug-likeness (QED) is 0.351. The number of aliphatic hydroxyl groups excluding tert-OH is 4. The van der Waals surface area contributed by atoms with Gasteiger partial charge >= 0.3 is 12.1 Å². The molecular weight excluding hydrogens is 449 g/mol. The molecule has 1 aliphatic rings. The van der Waals surface area contributed by atoms with Gasteiger partial charge in [0.1, 0.15) is 30.2 Å². The Labute approximate surface area is 186 Å². The highest BCUT2D eigenvalue weighted by Gasteiger charge is 2.43. The summed E-state index contributed by atoms with van der Waals surface area (Å²) in [5.74, 6) is -0.610. The van der Waals surface area contributed by atoms with Gasteiger partial charge in [-0.3, -0.25) is 0 Å². The molecule has 0 saturated carbocycles. The van der Waals surface area contributed by atoms with Crippen LogP contribution in [-0.4, -0.2) is 70.3 Å². The van der Waals surface area contributed by atoms with Gasteiger partial charge in [-0.25, -0.2) is 4.79 Å². The fourth-order valence-corrected chi connectivity index (χ4v) is 3.18. The van der Waals surface area contributed by atoms with Gasteiger partial charge in [-0.15, -0.1) is 0 Å². The highest BCUT2D eigenvalue weighted by molar-refractivity contribution is 5.91. The van der Waals surface area contributed by atoms with E-state index in [1.54, 1.807) is 12.1 Å². The molecule has 8 nitrogen and oxygen atoms in total. The lowest BCUT2D eigenvalue weighted by Gasteiger charge is -2.39. The Hall–Kier alpha value is -2.54. The lowest BCUT2D eigenvalue weighted by molar-refractivity contribution is -0.300. The van der Waals surface area contributed by atoms with Crippen molar-refractivity contribution >= 4 is 5.97 Å². The molecule has 0 spiro atoms. The molecule has 2 aromatic rings. The van der Waals surface area contributed by atoms with Crippen LogP contribution in [0.3, 0.4) is 0 Å². The van der Waals surface area contributed by atoms with E-state index in [4.69, 9.17) is 14.2 Å². The van der Waals surface area contributed by atoms with Crippen LogP contribution in [0, 0.1) is 0 Å². The number of benzene rings is 2. The van der Waals surface area contributed by atoms with Crippen LogP contribution in [0.2, 0.25) is 0 Å². The summed E-state index contributed by atoms with van der Waals surface area (Å²) >= 11 is 0. The van der Waals surface area contributed by atoms with E-state index in [1.165, 1.54) is 12.1 Å². The minimum absolute atomic E-state index is 0.0278. The molecule has 3 rings (SSSR count). The van der Waals surface area contributed by atoms with E-state index in [2.05, 4.69) is 0 Å². The first kappa shape index (κ1) is 25.1. The summed E-state index contributed by atoms with van der Waals surface area (Å²) in [4.78, 5) is 12.1. The minimum Gasteiger partial charge on any atom is -0.423 e. The average Bonchev–Trinajstić information content (AvgIpc) is 2.79. The summed E-state index contributed by atoms with van der Waals surface area (Å²) in [6.07, 6.45) is -10.9. The molecule has 4 N–H and O–H groups in total. The van der Waals surface area contributed by atoms with Crippen LogP contribution in [0.15, 0.2) is 48.5 Å². The SMILES string of the molecule is O=C(Oc1ccc(CCO[C@@H]2O[C@H](CO)[C@@H](O)[C@H](O)[C@H]2O)cc1)c1ccc(C(F)(F)F)cc1. The molecule has 11 heteroatoms. The van der Waals surface area contributed by atoms with Crippen LogP contribution < -0.4 is 4.74 Å². The van der Waals surface area contributed by atoms with Gasteiger partial charge in [0.05, 0.1) is 24.3 Å². The van der Waals surface area contributed by atoms with E-state index in [9.17, 15) is 38.4 Å². The van der Waals surface area contributed by atoms with Crippen LogP contribution >= 0.6 is 0 Å². The van der Waals surface area contributed by atoms with Gasteiger partial charge in [-0.05, 0) is 48.4 Å². The van der Waals surface area contributed by atoms with Gasteiger partial charge in [0.25, 0.3) is 0 Å². The number of halogens is 3. The topological polar surface area (TPSA) is 126 Å². The molecule has 180 valence electrons. The third-order valence-electron chi connectivity index (χ3n) is 5.10. The fraction of sp³-hybridized carbons (Fsp3) is 0.409. The summed E-state index contributed by atoms with van der Waals surface area (Å²) in [6.45, 7) is -0.481. The number of hydrogen-bond donors (Lipinski definition) is 4. The number of alkyl halides is 3. The van der Waals surface area contributed by atoms with Crippen molar-refractivity contribution in [2.24, 2.45) is 0 Å². The number of carbonyl (C=O) groups is 1. The zero-order chi connectivity index (χ0) is 24.2. The van der Waals surface area contributed by atoms with E-state index in [0.717, 1.165) is 29.8 Å². The molecule has 1 saturated heterocycles.